The van der Waals surface area contributed by atoms with Crippen LogP contribution in [0.5, 0.6) is 5.75 Å². The highest BCUT2D eigenvalue weighted by Crippen LogP contribution is 2.33. The molecule has 0 amide bonds. The minimum absolute atomic E-state index is 0.288. The van der Waals surface area contributed by atoms with Crippen LogP contribution in [-0.2, 0) is 16.1 Å². The van der Waals surface area contributed by atoms with Gasteiger partial charge < -0.3 is 14.7 Å². The molecule has 0 saturated heterocycles. The molecule has 34 heavy (non-hydrogen) atoms. The number of carboxylic acids is 1. The second kappa shape index (κ2) is 11.3. The fourth-order valence-corrected chi connectivity index (χ4v) is 4.04. The zero-order chi connectivity index (χ0) is 23.8. The number of rotatable bonds is 10. The number of benzene rings is 2. The summed E-state index contributed by atoms with van der Waals surface area (Å²) in [5.74, 6) is -0.315. The minimum Gasteiger partial charge on any atom is -0.482 e. The normalized spacial score (nSPS) is 14.0. The Morgan fingerprint density at radius 2 is 1.79 bits per heavy atom. The first kappa shape index (κ1) is 23.2. The van der Waals surface area contributed by atoms with Gasteiger partial charge in [0, 0.05) is 23.5 Å². The molecule has 1 unspecified atom stereocenters. The molecular weight excluding hydrogens is 428 g/mol. The Labute approximate surface area is 199 Å². The number of fused-ring (bicyclic) bond motifs is 1. The number of hydrogen-bond donors (Lipinski definition) is 1. The molecule has 1 aliphatic carbocycles. The van der Waals surface area contributed by atoms with E-state index in [1.165, 1.54) is 5.57 Å². The minimum atomic E-state index is -0.972. The molecule has 1 atom stereocenters. The molecule has 174 valence electrons. The molecule has 1 heterocycles. The van der Waals surface area contributed by atoms with Crippen LogP contribution in [0.15, 0.2) is 83.8 Å². The van der Waals surface area contributed by atoms with Gasteiger partial charge in [-0.05, 0) is 61.9 Å². The molecule has 1 N–H and O–H groups in total. The lowest BCUT2D eigenvalue weighted by Gasteiger charge is -2.20. The van der Waals surface area contributed by atoms with Crippen molar-refractivity contribution in [3.63, 3.8) is 0 Å². The first-order valence-corrected chi connectivity index (χ1v) is 11.4. The van der Waals surface area contributed by atoms with Crippen LogP contribution in [0.2, 0.25) is 0 Å². The van der Waals surface area contributed by atoms with Crippen molar-refractivity contribution < 1.29 is 19.5 Å². The van der Waals surface area contributed by atoms with Gasteiger partial charge in [0.25, 0.3) is 0 Å². The van der Waals surface area contributed by atoms with Gasteiger partial charge in [0.1, 0.15) is 5.75 Å². The first-order chi connectivity index (χ1) is 16.6. The fraction of sp³-hybridized carbons (Fsp3) is 0.250. The Kier molecular flexibility index (Phi) is 7.71. The van der Waals surface area contributed by atoms with E-state index >= 15 is 0 Å². The van der Waals surface area contributed by atoms with E-state index in [0.29, 0.717) is 5.75 Å². The van der Waals surface area contributed by atoms with Crippen molar-refractivity contribution in [1.29, 1.82) is 0 Å². The molecule has 1 aromatic heterocycles. The number of allylic oxidation sites excluding steroid dienone is 1. The zero-order valence-electron chi connectivity index (χ0n) is 19.2. The van der Waals surface area contributed by atoms with E-state index in [0.717, 1.165) is 53.6 Å². The van der Waals surface area contributed by atoms with Crippen LogP contribution in [0.4, 0.5) is 0 Å². The van der Waals surface area contributed by atoms with Crippen molar-refractivity contribution in [1.82, 2.24) is 4.98 Å². The summed E-state index contributed by atoms with van der Waals surface area (Å²) in [6.45, 7) is 1.66. The van der Waals surface area contributed by atoms with E-state index in [4.69, 9.17) is 14.7 Å². The van der Waals surface area contributed by atoms with E-state index in [9.17, 15) is 4.79 Å². The summed E-state index contributed by atoms with van der Waals surface area (Å²) < 4.78 is 5.46. The maximum atomic E-state index is 10.8. The zero-order valence-corrected chi connectivity index (χ0v) is 19.2. The third-order valence-electron chi connectivity index (χ3n) is 5.81. The SMILES string of the molecule is C/C(CCC1=Cc2cccc(OCC(=O)O)c2CC1)=N\OC(c1ccccc1)c1ccncc1. The number of aromatic nitrogens is 1. The molecule has 0 spiro atoms. The molecular formula is C28H28N2O4. The fourth-order valence-electron chi connectivity index (χ4n) is 4.04. The third-order valence-corrected chi connectivity index (χ3v) is 5.81. The molecule has 1 aliphatic rings. The number of hydrogen-bond acceptors (Lipinski definition) is 5. The number of pyridine rings is 1. The highest BCUT2D eigenvalue weighted by molar-refractivity contribution is 5.81. The topological polar surface area (TPSA) is 81.0 Å². The van der Waals surface area contributed by atoms with Crippen molar-refractivity contribution >= 4 is 17.8 Å². The van der Waals surface area contributed by atoms with Crippen molar-refractivity contribution in [2.75, 3.05) is 6.61 Å². The molecule has 4 rings (SSSR count). The molecule has 0 bridgehead atoms. The highest BCUT2D eigenvalue weighted by Gasteiger charge is 2.17. The summed E-state index contributed by atoms with van der Waals surface area (Å²) in [4.78, 5) is 21.0. The van der Waals surface area contributed by atoms with Crippen LogP contribution in [0.25, 0.3) is 6.08 Å². The Morgan fingerprint density at radius 1 is 1.03 bits per heavy atom. The molecule has 6 nitrogen and oxygen atoms in total. The maximum Gasteiger partial charge on any atom is 0.341 e. The standard InChI is InChI=1S/C28H28N2O4/c1-20(30-34-28(22-6-3-2-4-7-22)23-14-16-29-17-15-23)10-11-21-12-13-25-24(18-21)8-5-9-26(25)33-19-27(31)32/h2-9,14-18,28H,10-13,19H2,1H3,(H,31,32)/b30-20+. The number of carboxylic acid groups (broad SMARTS) is 1. The number of ether oxygens (including phenoxy) is 1. The van der Waals surface area contributed by atoms with Crippen molar-refractivity contribution in [2.24, 2.45) is 5.16 Å². The summed E-state index contributed by atoms with van der Waals surface area (Å²) >= 11 is 0. The third kappa shape index (κ3) is 6.10. The number of nitrogens with zero attached hydrogens (tertiary/aromatic N) is 2. The Bertz CT molecular complexity index is 1130. The summed E-state index contributed by atoms with van der Waals surface area (Å²) in [7, 11) is 0. The Balaban J connectivity index is 1.40. The number of aliphatic carboxylic acids is 1. The van der Waals surface area contributed by atoms with E-state index < -0.39 is 5.97 Å². The van der Waals surface area contributed by atoms with Gasteiger partial charge in [-0.15, -0.1) is 0 Å². The molecule has 6 heteroatoms. The first-order valence-electron chi connectivity index (χ1n) is 11.4. The van der Waals surface area contributed by atoms with Gasteiger partial charge in [-0.2, -0.15) is 0 Å². The summed E-state index contributed by atoms with van der Waals surface area (Å²) in [5.41, 5.74) is 6.48. The summed E-state index contributed by atoms with van der Waals surface area (Å²) in [5, 5.41) is 13.3. The second-order valence-corrected chi connectivity index (χ2v) is 8.31. The van der Waals surface area contributed by atoms with Crippen LogP contribution in [0, 0.1) is 0 Å². The molecule has 3 aromatic rings. The number of carbonyl (C=O) groups is 1. The summed E-state index contributed by atoms with van der Waals surface area (Å²) in [6.07, 6.45) is 8.86. The monoisotopic (exact) mass is 456 g/mol. The van der Waals surface area contributed by atoms with Crippen LogP contribution < -0.4 is 4.74 Å². The largest absolute Gasteiger partial charge is 0.482 e. The lowest BCUT2D eigenvalue weighted by atomic mass is 9.89. The van der Waals surface area contributed by atoms with Crippen LogP contribution in [0.3, 0.4) is 0 Å². The van der Waals surface area contributed by atoms with E-state index in [-0.39, 0.29) is 12.7 Å². The van der Waals surface area contributed by atoms with Crippen molar-refractivity contribution in [3.05, 3.63) is 101 Å². The second-order valence-electron chi connectivity index (χ2n) is 8.31. The predicted molar refractivity (Wildman–Crippen MR) is 132 cm³/mol. The molecule has 0 radical (unpaired) electrons. The summed E-state index contributed by atoms with van der Waals surface area (Å²) in [6, 6.07) is 19.7. The van der Waals surface area contributed by atoms with Crippen LogP contribution in [-0.4, -0.2) is 28.4 Å². The van der Waals surface area contributed by atoms with Crippen LogP contribution in [0.1, 0.15) is 54.5 Å². The Hall–Kier alpha value is -3.93. The molecule has 0 aliphatic heterocycles. The van der Waals surface area contributed by atoms with Crippen LogP contribution >= 0.6 is 0 Å². The van der Waals surface area contributed by atoms with Crippen molar-refractivity contribution in [3.8, 4) is 5.75 Å². The van der Waals surface area contributed by atoms with E-state index in [2.05, 4.69) is 16.2 Å². The number of oxime groups is 1. The van der Waals surface area contributed by atoms with Gasteiger partial charge in [-0.25, -0.2) is 4.79 Å². The van der Waals surface area contributed by atoms with E-state index in [1.807, 2.05) is 67.6 Å². The average molecular weight is 457 g/mol. The average Bonchev–Trinajstić information content (AvgIpc) is 2.87. The Morgan fingerprint density at radius 3 is 2.56 bits per heavy atom. The van der Waals surface area contributed by atoms with Gasteiger partial charge >= 0.3 is 5.97 Å². The molecule has 2 aromatic carbocycles. The van der Waals surface area contributed by atoms with Crippen molar-refractivity contribution in [2.45, 2.75) is 38.7 Å². The van der Waals surface area contributed by atoms with Gasteiger partial charge in [0.05, 0.1) is 5.71 Å². The lowest BCUT2D eigenvalue weighted by Crippen LogP contribution is -2.12. The highest BCUT2D eigenvalue weighted by atomic mass is 16.6. The predicted octanol–water partition coefficient (Wildman–Crippen LogP) is 5.84. The molecule has 0 fully saturated rings. The van der Waals surface area contributed by atoms with E-state index in [1.54, 1.807) is 12.4 Å². The van der Waals surface area contributed by atoms with Gasteiger partial charge in [0.2, 0.25) is 0 Å². The maximum absolute atomic E-state index is 10.8. The van der Waals surface area contributed by atoms with Gasteiger partial charge in [0.15, 0.2) is 12.7 Å². The van der Waals surface area contributed by atoms with Gasteiger partial charge in [-0.3, -0.25) is 4.98 Å². The molecule has 0 saturated carbocycles. The van der Waals surface area contributed by atoms with Gasteiger partial charge in [-0.1, -0.05) is 59.3 Å². The smallest absolute Gasteiger partial charge is 0.341 e. The lowest BCUT2D eigenvalue weighted by molar-refractivity contribution is -0.139. The quantitative estimate of drug-likeness (QED) is 0.306.